The van der Waals surface area contributed by atoms with Crippen molar-refractivity contribution in [1.82, 2.24) is 20.5 Å². The van der Waals surface area contributed by atoms with E-state index in [2.05, 4.69) is 38.0 Å². The zero-order valence-electron chi connectivity index (χ0n) is 11.0. The fourth-order valence-electron chi connectivity index (χ4n) is 2.10. The lowest BCUT2D eigenvalue weighted by Crippen LogP contribution is -2.16. The molecule has 102 valence electrons. The van der Waals surface area contributed by atoms with Crippen molar-refractivity contribution in [3.8, 4) is 11.3 Å². The maximum Gasteiger partial charge on any atom is 0.0710 e. The van der Waals surface area contributed by atoms with Crippen LogP contribution in [0.15, 0.2) is 48.2 Å². The van der Waals surface area contributed by atoms with Crippen LogP contribution in [-0.4, -0.2) is 21.7 Å². The molecule has 0 unspecified atom stereocenters. The summed E-state index contributed by atoms with van der Waals surface area (Å²) in [6.07, 6.45) is 6.57. The Balaban J connectivity index is 1.57. The third kappa shape index (κ3) is 3.12. The second-order valence-corrected chi connectivity index (χ2v) is 5.55. The van der Waals surface area contributed by atoms with Gasteiger partial charge in [-0.1, -0.05) is 6.07 Å². The van der Waals surface area contributed by atoms with Crippen LogP contribution >= 0.6 is 11.3 Å². The number of aromatic nitrogens is 3. The summed E-state index contributed by atoms with van der Waals surface area (Å²) in [6.45, 7) is 1.78. The number of rotatable bonds is 6. The summed E-state index contributed by atoms with van der Waals surface area (Å²) < 4.78 is 0. The lowest BCUT2D eigenvalue weighted by molar-refractivity contribution is 0.691. The summed E-state index contributed by atoms with van der Waals surface area (Å²) in [7, 11) is 0. The quantitative estimate of drug-likeness (QED) is 0.684. The number of hydrogen-bond donors (Lipinski definition) is 2. The van der Waals surface area contributed by atoms with E-state index in [1.54, 1.807) is 17.5 Å². The van der Waals surface area contributed by atoms with Gasteiger partial charge in [0.15, 0.2) is 0 Å². The van der Waals surface area contributed by atoms with E-state index in [1.807, 2.05) is 24.5 Å². The fourth-order valence-corrected chi connectivity index (χ4v) is 2.80. The summed E-state index contributed by atoms with van der Waals surface area (Å²) in [5.74, 6) is 0. The predicted octanol–water partition coefficient (Wildman–Crippen LogP) is 2.87. The minimum Gasteiger partial charge on any atom is -0.312 e. The van der Waals surface area contributed by atoms with Crippen LogP contribution in [0.1, 0.15) is 10.4 Å². The second-order valence-electron chi connectivity index (χ2n) is 4.52. The normalized spacial score (nSPS) is 10.8. The molecule has 0 bridgehead atoms. The molecule has 0 saturated heterocycles. The van der Waals surface area contributed by atoms with Crippen molar-refractivity contribution in [2.75, 3.05) is 6.54 Å². The van der Waals surface area contributed by atoms with Crippen molar-refractivity contribution in [1.29, 1.82) is 0 Å². The number of nitrogens with one attached hydrogen (secondary N) is 2. The van der Waals surface area contributed by atoms with Gasteiger partial charge in [0, 0.05) is 41.5 Å². The van der Waals surface area contributed by atoms with E-state index in [-0.39, 0.29) is 0 Å². The molecule has 0 spiro atoms. The highest BCUT2D eigenvalue weighted by Crippen LogP contribution is 2.19. The summed E-state index contributed by atoms with van der Waals surface area (Å²) in [5, 5.41) is 12.8. The highest BCUT2D eigenvalue weighted by Gasteiger charge is 2.07. The largest absolute Gasteiger partial charge is 0.312 e. The van der Waals surface area contributed by atoms with Crippen molar-refractivity contribution < 1.29 is 0 Å². The Morgan fingerprint density at radius 3 is 3.00 bits per heavy atom. The van der Waals surface area contributed by atoms with E-state index in [1.165, 1.54) is 10.4 Å². The smallest absolute Gasteiger partial charge is 0.0710 e. The van der Waals surface area contributed by atoms with Crippen LogP contribution in [0.25, 0.3) is 11.3 Å². The number of nitrogens with zero attached hydrogens (tertiary/aromatic N) is 2. The molecule has 0 aromatic carbocycles. The third-order valence-electron chi connectivity index (χ3n) is 3.11. The topological polar surface area (TPSA) is 53.6 Å². The number of H-pyrrole nitrogens is 1. The Hall–Kier alpha value is -1.98. The molecule has 3 rings (SSSR count). The van der Waals surface area contributed by atoms with E-state index >= 15 is 0 Å². The standard InChI is InChI=1S/C15H16N4S/c1-3-12(9-16-6-1)15-13(11-18-19-15)10-17-7-5-14-4-2-8-20-14/h1-4,6,8-9,11,17H,5,7,10H2,(H,18,19). The first-order valence-electron chi connectivity index (χ1n) is 6.59. The summed E-state index contributed by atoms with van der Waals surface area (Å²) >= 11 is 1.80. The van der Waals surface area contributed by atoms with Crippen molar-refractivity contribution in [3.63, 3.8) is 0 Å². The molecular formula is C15H16N4S. The summed E-state index contributed by atoms with van der Waals surface area (Å²) in [4.78, 5) is 5.56. The van der Waals surface area contributed by atoms with Crippen molar-refractivity contribution in [2.45, 2.75) is 13.0 Å². The molecule has 0 aliphatic heterocycles. The Morgan fingerprint density at radius 1 is 1.20 bits per heavy atom. The monoisotopic (exact) mass is 284 g/mol. The van der Waals surface area contributed by atoms with Crippen LogP contribution in [0.4, 0.5) is 0 Å². The van der Waals surface area contributed by atoms with Gasteiger partial charge in [-0.2, -0.15) is 5.10 Å². The van der Waals surface area contributed by atoms with Gasteiger partial charge in [0.05, 0.1) is 11.9 Å². The van der Waals surface area contributed by atoms with Crippen LogP contribution in [-0.2, 0) is 13.0 Å². The SMILES string of the molecule is c1cncc(-c2[nH]ncc2CNCCc2cccs2)c1. The van der Waals surface area contributed by atoms with Gasteiger partial charge in [-0.25, -0.2) is 0 Å². The lowest BCUT2D eigenvalue weighted by Gasteiger charge is -2.05. The van der Waals surface area contributed by atoms with Crippen LogP contribution in [0.5, 0.6) is 0 Å². The van der Waals surface area contributed by atoms with Gasteiger partial charge < -0.3 is 5.32 Å². The zero-order chi connectivity index (χ0) is 13.6. The molecular weight excluding hydrogens is 268 g/mol. The van der Waals surface area contributed by atoms with Crippen molar-refractivity contribution >= 4 is 11.3 Å². The van der Waals surface area contributed by atoms with Gasteiger partial charge in [0.25, 0.3) is 0 Å². The van der Waals surface area contributed by atoms with Crippen LogP contribution in [0, 0.1) is 0 Å². The van der Waals surface area contributed by atoms with Crippen LogP contribution < -0.4 is 5.32 Å². The zero-order valence-corrected chi connectivity index (χ0v) is 11.9. The molecule has 3 aromatic heterocycles. The van der Waals surface area contributed by atoms with Crippen LogP contribution in [0.2, 0.25) is 0 Å². The number of hydrogen-bond acceptors (Lipinski definition) is 4. The van der Waals surface area contributed by atoms with Crippen molar-refractivity contribution in [3.05, 3.63) is 58.7 Å². The number of thiophene rings is 1. The molecule has 0 radical (unpaired) electrons. The average Bonchev–Trinajstić information content (AvgIpc) is 3.16. The highest BCUT2D eigenvalue weighted by atomic mass is 32.1. The lowest BCUT2D eigenvalue weighted by atomic mass is 10.1. The molecule has 20 heavy (non-hydrogen) atoms. The molecule has 0 atom stereocenters. The van der Waals surface area contributed by atoms with E-state index in [0.29, 0.717) is 0 Å². The van der Waals surface area contributed by atoms with E-state index in [4.69, 9.17) is 0 Å². The summed E-state index contributed by atoms with van der Waals surface area (Å²) in [6, 6.07) is 8.24. The van der Waals surface area contributed by atoms with E-state index < -0.39 is 0 Å². The van der Waals surface area contributed by atoms with Crippen molar-refractivity contribution in [2.24, 2.45) is 0 Å². The molecule has 4 nitrogen and oxygen atoms in total. The van der Waals surface area contributed by atoms with E-state index in [0.717, 1.165) is 30.8 Å². The van der Waals surface area contributed by atoms with Gasteiger partial charge >= 0.3 is 0 Å². The number of aromatic amines is 1. The minimum atomic E-state index is 0.812. The first-order chi connectivity index (χ1) is 9.93. The number of pyridine rings is 1. The molecule has 5 heteroatoms. The fraction of sp³-hybridized carbons (Fsp3) is 0.200. The molecule has 0 amide bonds. The highest BCUT2D eigenvalue weighted by molar-refractivity contribution is 7.09. The van der Waals surface area contributed by atoms with E-state index in [9.17, 15) is 0 Å². The molecule has 2 N–H and O–H groups in total. The van der Waals surface area contributed by atoms with Gasteiger partial charge in [0.1, 0.15) is 0 Å². The Labute approximate surface area is 121 Å². The maximum atomic E-state index is 4.15. The molecule has 0 fully saturated rings. The molecule has 3 aromatic rings. The first-order valence-corrected chi connectivity index (χ1v) is 7.47. The van der Waals surface area contributed by atoms with Gasteiger partial charge in [-0.15, -0.1) is 11.3 Å². The van der Waals surface area contributed by atoms with Gasteiger partial charge in [0.2, 0.25) is 0 Å². The minimum absolute atomic E-state index is 0.812. The predicted molar refractivity (Wildman–Crippen MR) is 81.5 cm³/mol. The van der Waals surface area contributed by atoms with Gasteiger partial charge in [-0.3, -0.25) is 10.1 Å². The molecule has 3 heterocycles. The molecule has 0 aliphatic rings. The average molecular weight is 284 g/mol. The maximum absolute atomic E-state index is 4.15. The molecule has 0 saturated carbocycles. The second kappa shape index (κ2) is 6.45. The Morgan fingerprint density at radius 2 is 2.20 bits per heavy atom. The molecule has 0 aliphatic carbocycles. The Bertz CT molecular complexity index is 631. The third-order valence-corrected chi connectivity index (χ3v) is 4.05. The summed E-state index contributed by atoms with van der Waals surface area (Å²) in [5.41, 5.74) is 3.28. The van der Waals surface area contributed by atoms with Gasteiger partial charge in [-0.05, 0) is 30.0 Å². The van der Waals surface area contributed by atoms with Crippen LogP contribution in [0.3, 0.4) is 0 Å². The Kier molecular flexibility index (Phi) is 4.20. The first kappa shape index (κ1) is 13.0.